The second-order valence-corrected chi connectivity index (χ2v) is 10.1. The SMILES string of the molecule is CC(C)CCNC(=O)CNC(=O)[C@H](Cc1ccccc1)NC(=O)[C@H](CC(=O)O)NC(=O)[C@@H](N)Cc1ccc(O)cc1. The molecular formula is C29H39N5O7. The number of carboxylic acid groups (broad SMARTS) is 1. The van der Waals surface area contributed by atoms with Gasteiger partial charge < -0.3 is 37.2 Å². The van der Waals surface area contributed by atoms with E-state index in [0.717, 1.165) is 6.42 Å². The third-order valence-electron chi connectivity index (χ3n) is 6.12. The van der Waals surface area contributed by atoms with Crippen LogP contribution in [0.5, 0.6) is 5.75 Å². The molecule has 0 heterocycles. The second kappa shape index (κ2) is 16.6. The molecule has 2 rings (SSSR count). The summed E-state index contributed by atoms with van der Waals surface area (Å²) < 4.78 is 0. The van der Waals surface area contributed by atoms with Crippen molar-refractivity contribution in [1.82, 2.24) is 21.3 Å². The largest absolute Gasteiger partial charge is 0.508 e. The number of amides is 4. The van der Waals surface area contributed by atoms with Crippen LogP contribution in [-0.4, -0.2) is 71.0 Å². The third kappa shape index (κ3) is 12.5. The zero-order valence-corrected chi connectivity index (χ0v) is 23.3. The van der Waals surface area contributed by atoms with E-state index in [2.05, 4.69) is 21.3 Å². The average Bonchev–Trinajstić information content (AvgIpc) is 2.92. The van der Waals surface area contributed by atoms with E-state index in [0.29, 0.717) is 23.6 Å². The molecule has 222 valence electrons. The molecule has 0 unspecified atom stereocenters. The monoisotopic (exact) mass is 569 g/mol. The normalized spacial score (nSPS) is 13.0. The number of nitrogens with two attached hydrogens (primary N) is 1. The molecule has 0 bridgehead atoms. The lowest BCUT2D eigenvalue weighted by Crippen LogP contribution is -2.57. The third-order valence-corrected chi connectivity index (χ3v) is 6.12. The number of benzene rings is 2. The number of phenols is 1. The molecule has 0 spiro atoms. The Kier molecular flexibility index (Phi) is 13.3. The lowest BCUT2D eigenvalue weighted by atomic mass is 10.0. The number of carbonyl (C=O) groups excluding carboxylic acids is 4. The first kappa shape index (κ1) is 32.8. The van der Waals surface area contributed by atoms with Gasteiger partial charge in [-0.2, -0.15) is 0 Å². The first-order valence-electron chi connectivity index (χ1n) is 13.4. The first-order valence-corrected chi connectivity index (χ1v) is 13.4. The average molecular weight is 570 g/mol. The van der Waals surface area contributed by atoms with Crippen molar-refractivity contribution in [2.45, 2.75) is 57.7 Å². The van der Waals surface area contributed by atoms with Crippen molar-refractivity contribution in [2.75, 3.05) is 13.1 Å². The topological polar surface area (TPSA) is 200 Å². The maximum atomic E-state index is 13.2. The first-order chi connectivity index (χ1) is 19.4. The smallest absolute Gasteiger partial charge is 0.305 e. The maximum absolute atomic E-state index is 13.2. The van der Waals surface area contributed by atoms with Gasteiger partial charge in [-0.1, -0.05) is 56.3 Å². The Morgan fingerprint density at radius 2 is 1.39 bits per heavy atom. The minimum Gasteiger partial charge on any atom is -0.508 e. The van der Waals surface area contributed by atoms with Gasteiger partial charge in [0.05, 0.1) is 19.0 Å². The van der Waals surface area contributed by atoms with Gasteiger partial charge in [-0.25, -0.2) is 0 Å². The predicted octanol–water partition coefficient (Wildman–Crippen LogP) is 0.228. The van der Waals surface area contributed by atoms with Gasteiger partial charge in [-0.3, -0.25) is 24.0 Å². The molecular weight excluding hydrogens is 530 g/mol. The molecule has 8 N–H and O–H groups in total. The van der Waals surface area contributed by atoms with Crippen molar-refractivity contribution in [1.29, 1.82) is 0 Å². The van der Waals surface area contributed by atoms with Gasteiger partial charge in [-0.05, 0) is 42.0 Å². The minimum atomic E-state index is -1.52. The van der Waals surface area contributed by atoms with Crippen LogP contribution < -0.4 is 27.0 Å². The van der Waals surface area contributed by atoms with E-state index in [9.17, 15) is 34.2 Å². The summed E-state index contributed by atoms with van der Waals surface area (Å²) in [7, 11) is 0. The summed E-state index contributed by atoms with van der Waals surface area (Å²) in [5.74, 6) is -3.59. The molecule has 0 saturated heterocycles. The standard InChI is InChI=1S/C29H39N5O7/c1-18(2)12-13-31-25(36)17-32-28(40)23(15-19-6-4-3-5-7-19)34-29(41)24(16-26(37)38)33-27(39)22(30)14-20-8-10-21(35)11-9-20/h3-11,18,22-24,35H,12-17,30H2,1-2H3,(H,31,36)(H,32,40)(H,33,39)(H,34,41)(H,37,38)/t22-,23-,24-/m0/s1. The van der Waals surface area contributed by atoms with E-state index < -0.39 is 48.2 Å². The molecule has 12 nitrogen and oxygen atoms in total. The van der Waals surface area contributed by atoms with Crippen LogP contribution in [0.1, 0.15) is 37.8 Å². The van der Waals surface area contributed by atoms with Crippen LogP contribution in [0.4, 0.5) is 0 Å². The fourth-order valence-electron chi connectivity index (χ4n) is 3.83. The van der Waals surface area contributed by atoms with E-state index in [1.807, 2.05) is 13.8 Å². The second-order valence-electron chi connectivity index (χ2n) is 10.1. The van der Waals surface area contributed by atoms with E-state index in [1.165, 1.54) is 12.1 Å². The minimum absolute atomic E-state index is 0.0471. The number of nitrogens with one attached hydrogen (secondary N) is 4. The molecule has 3 atom stereocenters. The molecule has 0 aliphatic heterocycles. The Morgan fingerprint density at radius 3 is 2.00 bits per heavy atom. The lowest BCUT2D eigenvalue weighted by Gasteiger charge is -2.23. The van der Waals surface area contributed by atoms with Crippen molar-refractivity contribution in [3.05, 3.63) is 65.7 Å². The number of carboxylic acids is 1. The van der Waals surface area contributed by atoms with Crippen molar-refractivity contribution in [3.63, 3.8) is 0 Å². The zero-order chi connectivity index (χ0) is 30.4. The van der Waals surface area contributed by atoms with Crippen molar-refractivity contribution < 1.29 is 34.2 Å². The number of carbonyl (C=O) groups is 5. The number of aromatic hydroxyl groups is 1. The molecule has 41 heavy (non-hydrogen) atoms. The van der Waals surface area contributed by atoms with Crippen molar-refractivity contribution >= 4 is 29.6 Å². The van der Waals surface area contributed by atoms with Gasteiger partial charge in [0.15, 0.2) is 0 Å². The lowest BCUT2D eigenvalue weighted by molar-refractivity contribution is -0.141. The Labute approximate surface area is 239 Å². The molecule has 4 amide bonds. The van der Waals surface area contributed by atoms with E-state index >= 15 is 0 Å². The molecule has 0 aliphatic carbocycles. The Hall–Kier alpha value is -4.45. The van der Waals surface area contributed by atoms with Gasteiger partial charge >= 0.3 is 5.97 Å². The highest BCUT2D eigenvalue weighted by Crippen LogP contribution is 2.11. The molecule has 0 fully saturated rings. The van der Waals surface area contributed by atoms with Crippen LogP contribution in [0.15, 0.2) is 54.6 Å². The van der Waals surface area contributed by atoms with Crippen LogP contribution >= 0.6 is 0 Å². The van der Waals surface area contributed by atoms with E-state index in [-0.39, 0.29) is 31.0 Å². The van der Waals surface area contributed by atoms with Gasteiger partial charge in [0.2, 0.25) is 23.6 Å². The number of rotatable bonds is 16. The van der Waals surface area contributed by atoms with Gasteiger partial charge in [0.25, 0.3) is 0 Å². The number of hydrogen-bond acceptors (Lipinski definition) is 7. The van der Waals surface area contributed by atoms with Gasteiger partial charge in [0.1, 0.15) is 17.8 Å². The highest BCUT2D eigenvalue weighted by Gasteiger charge is 2.30. The zero-order valence-electron chi connectivity index (χ0n) is 23.3. The molecule has 0 aliphatic rings. The Morgan fingerprint density at radius 1 is 0.780 bits per heavy atom. The van der Waals surface area contributed by atoms with Crippen molar-refractivity contribution in [3.8, 4) is 5.75 Å². The number of aliphatic carboxylic acids is 1. The predicted molar refractivity (Wildman–Crippen MR) is 152 cm³/mol. The summed E-state index contributed by atoms with van der Waals surface area (Å²) in [5, 5.41) is 28.9. The molecule has 0 saturated carbocycles. The summed E-state index contributed by atoms with van der Waals surface area (Å²) in [6.45, 7) is 4.20. The van der Waals surface area contributed by atoms with Gasteiger partial charge in [-0.15, -0.1) is 0 Å². The Balaban J connectivity index is 2.09. The fourth-order valence-corrected chi connectivity index (χ4v) is 3.83. The summed E-state index contributed by atoms with van der Waals surface area (Å²) in [6, 6.07) is 11.1. The molecule has 2 aromatic rings. The number of phenolic OH excluding ortho intramolecular Hbond substituents is 1. The molecule has 2 aromatic carbocycles. The highest BCUT2D eigenvalue weighted by molar-refractivity contribution is 5.95. The van der Waals surface area contributed by atoms with Gasteiger partial charge in [0, 0.05) is 13.0 Å². The van der Waals surface area contributed by atoms with Crippen LogP contribution in [-0.2, 0) is 36.8 Å². The van der Waals surface area contributed by atoms with Crippen LogP contribution in [0.2, 0.25) is 0 Å². The maximum Gasteiger partial charge on any atom is 0.305 e. The van der Waals surface area contributed by atoms with Crippen LogP contribution in [0, 0.1) is 5.92 Å². The van der Waals surface area contributed by atoms with E-state index in [4.69, 9.17) is 5.73 Å². The summed E-state index contributed by atoms with van der Waals surface area (Å²) in [6.07, 6.45) is 0.163. The quantitative estimate of drug-likeness (QED) is 0.149. The fraction of sp³-hybridized carbons (Fsp3) is 0.414. The Bertz CT molecular complexity index is 1170. The summed E-state index contributed by atoms with van der Waals surface area (Å²) >= 11 is 0. The highest BCUT2D eigenvalue weighted by atomic mass is 16.4. The van der Waals surface area contributed by atoms with Crippen LogP contribution in [0.3, 0.4) is 0 Å². The summed E-state index contributed by atoms with van der Waals surface area (Å²) in [4.78, 5) is 62.6. The van der Waals surface area contributed by atoms with Crippen LogP contribution in [0.25, 0.3) is 0 Å². The molecule has 0 aromatic heterocycles. The van der Waals surface area contributed by atoms with Crippen molar-refractivity contribution in [2.24, 2.45) is 11.7 Å². The number of hydrogen-bond donors (Lipinski definition) is 7. The molecule has 12 heteroatoms. The summed E-state index contributed by atoms with van der Waals surface area (Å²) in [5.41, 5.74) is 7.34. The van der Waals surface area contributed by atoms with E-state index in [1.54, 1.807) is 42.5 Å². The molecule has 0 radical (unpaired) electrons.